The molecule has 1 aliphatic heterocycles. The van der Waals surface area contributed by atoms with Crippen molar-refractivity contribution >= 4 is 10.0 Å². The smallest absolute Gasteiger partial charge is 0.259 e. The van der Waals surface area contributed by atoms with Crippen molar-refractivity contribution in [2.75, 3.05) is 13.1 Å². The Kier molecular flexibility index (Phi) is 3.27. The van der Waals surface area contributed by atoms with E-state index in [9.17, 15) is 8.42 Å². The molecule has 0 spiro atoms. The highest BCUT2D eigenvalue weighted by Crippen LogP contribution is 2.16. The second-order valence-electron chi connectivity index (χ2n) is 3.83. The Bertz CT molecular complexity index is 442. The van der Waals surface area contributed by atoms with Crippen LogP contribution in [0, 0.1) is 0 Å². The molecule has 0 fully saturated rings. The summed E-state index contributed by atoms with van der Waals surface area (Å²) < 4.78 is 27.9. The highest BCUT2D eigenvalue weighted by atomic mass is 32.2. The number of nitrogens with zero attached hydrogens (tertiary/aromatic N) is 2. The molecule has 0 bridgehead atoms. The lowest BCUT2D eigenvalue weighted by atomic mass is 10.2. The number of nitrogens with one attached hydrogen (secondary N) is 1. The van der Waals surface area contributed by atoms with E-state index in [1.807, 2.05) is 4.57 Å². The Labute approximate surface area is 94.9 Å². The second kappa shape index (κ2) is 4.52. The van der Waals surface area contributed by atoms with Gasteiger partial charge in [-0.2, -0.15) is 0 Å². The van der Waals surface area contributed by atoms with Gasteiger partial charge in [-0.1, -0.05) is 0 Å². The third kappa shape index (κ3) is 2.26. The van der Waals surface area contributed by atoms with Crippen LogP contribution in [0.2, 0.25) is 0 Å². The first-order chi connectivity index (χ1) is 7.63. The summed E-state index contributed by atoms with van der Waals surface area (Å²) in [7, 11) is -3.48. The molecule has 0 radical (unpaired) electrons. The van der Waals surface area contributed by atoms with E-state index in [1.54, 1.807) is 6.20 Å². The van der Waals surface area contributed by atoms with Gasteiger partial charge < -0.3 is 10.3 Å². The molecule has 90 valence electrons. The average Bonchev–Trinajstić information content (AvgIpc) is 2.71. The fourth-order valence-corrected chi connectivity index (χ4v) is 2.81. The molecular formula is C9H16N4O2S. The average molecular weight is 244 g/mol. The molecule has 0 amide bonds. The highest BCUT2D eigenvalue weighted by Gasteiger charge is 2.20. The van der Waals surface area contributed by atoms with Crippen LogP contribution in [-0.2, 0) is 23.0 Å². The molecule has 0 unspecified atom stereocenters. The first-order valence-electron chi connectivity index (χ1n) is 5.39. The van der Waals surface area contributed by atoms with Crippen LogP contribution in [0.5, 0.6) is 0 Å². The van der Waals surface area contributed by atoms with Gasteiger partial charge in [0.2, 0.25) is 0 Å². The minimum atomic E-state index is -3.48. The van der Waals surface area contributed by atoms with Crippen LogP contribution in [0.4, 0.5) is 0 Å². The molecule has 3 N–H and O–H groups in total. The number of fused-ring (bicyclic) bond motifs is 1. The van der Waals surface area contributed by atoms with E-state index in [0.29, 0.717) is 0 Å². The third-order valence-corrected chi connectivity index (χ3v) is 3.93. The van der Waals surface area contributed by atoms with Gasteiger partial charge in [-0.15, -0.1) is 0 Å². The van der Waals surface area contributed by atoms with Crippen molar-refractivity contribution in [3.05, 3.63) is 12.0 Å². The number of rotatable bonds is 4. The number of hydrogen-bond acceptors (Lipinski definition) is 4. The predicted octanol–water partition coefficient (Wildman–Crippen LogP) is -0.544. The normalized spacial score (nSPS) is 16.1. The molecule has 2 rings (SSSR count). The van der Waals surface area contributed by atoms with Crippen molar-refractivity contribution in [2.24, 2.45) is 5.73 Å². The van der Waals surface area contributed by atoms with E-state index in [1.165, 1.54) is 0 Å². The number of imidazole rings is 1. The molecular weight excluding hydrogens is 228 g/mol. The topological polar surface area (TPSA) is 90.0 Å². The number of aromatic nitrogens is 2. The summed E-state index contributed by atoms with van der Waals surface area (Å²) in [5.41, 5.74) is 5.26. The summed E-state index contributed by atoms with van der Waals surface area (Å²) in [6, 6.07) is 0. The van der Waals surface area contributed by atoms with Gasteiger partial charge in [0.25, 0.3) is 10.0 Å². The SMILES string of the molecule is NCCNS(=O)(=O)c1cn2c(n1)CCCC2. The Balaban J connectivity index is 2.23. The minimum absolute atomic E-state index is 0.109. The zero-order chi connectivity index (χ0) is 11.6. The third-order valence-electron chi connectivity index (χ3n) is 2.60. The Morgan fingerprint density at radius 3 is 3.00 bits per heavy atom. The molecule has 0 aliphatic carbocycles. The van der Waals surface area contributed by atoms with E-state index < -0.39 is 10.0 Å². The van der Waals surface area contributed by atoms with Crippen LogP contribution in [0.15, 0.2) is 11.2 Å². The van der Waals surface area contributed by atoms with E-state index in [4.69, 9.17) is 5.73 Å². The van der Waals surface area contributed by atoms with Gasteiger partial charge in [-0.05, 0) is 12.8 Å². The van der Waals surface area contributed by atoms with Gasteiger partial charge in [0.05, 0.1) is 0 Å². The van der Waals surface area contributed by atoms with Crippen LogP contribution >= 0.6 is 0 Å². The number of hydrogen-bond donors (Lipinski definition) is 2. The Morgan fingerprint density at radius 2 is 2.31 bits per heavy atom. The van der Waals surface area contributed by atoms with Gasteiger partial charge >= 0.3 is 0 Å². The number of sulfonamides is 1. The van der Waals surface area contributed by atoms with Crippen LogP contribution in [0.3, 0.4) is 0 Å². The first kappa shape index (κ1) is 11.6. The van der Waals surface area contributed by atoms with E-state index >= 15 is 0 Å². The summed E-state index contributed by atoms with van der Waals surface area (Å²) in [5.74, 6) is 0.861. The fraction of sp³-hybridized carbons (Fsp3) is 0.667. The zero-order valence-electron chi connectivity index (χ0n) is 9.02. The molecule has 16 heavy (non-hydrogen) atoms. The monoisotopic (exact) mass is 244 g/mol. The van der Waals surface area contributed by atoms with E-state index in [0.717, 1.165) is 31.6 Å². The van der Waals surface area contributed by atoms with Crippen molar-refractivity contribution in [3.63, 3.8) is 0 Å². The fourth-order valence-electron chi connectivity index (χ4n) is 1.78. The molecule has 1 aromatic heterocycles. The van der Waals surface area contributed by atoms with Crippen molar-refractivity contribution < 1.29 is 8.42 Å². The highest BCUT2D eigenvalue weighted by molar-refractivity contribution is 7.89. The quantitative estimate of drug-likeness (QED) is 0.744. The van der Waals surface area contributed by atoms with Crippen LogP contribution < -0.4 is 10.5 Å². The largest absolute Gasteiger partial charge is 0.333 e. The van der Waals surface area contributed by atoms with Crippen molar-refractivity contribution in [1.82, 2.24) is 14.3 Å². The van der Waals surface area contributed by atoms with Gasteiger partial charge in [-0.25, -0.2) is 18.1 Å². The van der Waals surface area contributed by atoms with Gasteiger partial charge in [0.1, 0.15) is 5.82 Å². The van der Waals surface area contributed by atoms with Crippen molar-refractivity contribution in [1.29, 1.82) is 0 Å². The van der Waals surface area contributed by atoms with Gasteiger partial charge in [-0.3, -0.25) is 0 Å². The maximum absolute atomic E-state index is 11.8. The molecule has 6 nitrogen and oxygen atoms in total. The van der Waals surface area contributed by atoms with E-state index in [-0.39, 0.29) is 18.1 Å². The summed E-state index contributed by atoms with van der Waals surface area (Å²) in [4.78, 5) is 4.15. The number of nitrogens with two attached hydrogens (primary N) is 1. The Morgan fingerprint density at radius 1 is 1.50 bits per heavy atom. The maximum Gasteiger partial charge on any atom is 0.259 e. The van der Waals surface area contributed by atoms with Crippen molar-refractivity contribution in [2.45, 2.75) is 30.8 Å². The summed E-state index contributed by atoms with van der Waals surface area (Å²) in [6.45, 7) is 1.38. The molecule has 0 saturated heterocycles. The molecule has 2 heterocycles. The first-order valence-corrected chi connectivity index (χ1v) is 6.87. The van der Waals surface area contributed by atoms with Crippen LogP contribution in [-0.4, -0.2) is 31.1 Å². The molecule has 1 aromatic rings. The second-order valence-corrected chi connectivity index (χ2v) is 5.55. The lowest BCUT2D eigenvalue weighted by Gasteiger charge is -2.11. The van der Waals surface area contributed by atoms with E-state index in [2.05, 4.69) is 9.71 Å². The summed E-state index contributed by atoms with van der Waals surface area (Å²) >= 11 is 0. The summed E-state index contributed by atoms with van der Waals surface area (Å²) in [5, 5.41) is 0.109. The molecule has 7 heteroatoms. The maximum atomic E-state index is 11.8. The lowest BCUT2D eigenvalue weighted by molar-refractivity contribution is 0.522. The number of aryl methyl sites for hydroxylation is 2. The van der Waals surface area contributed by atoms with Gasteiger partial charge in [0, 0.05) is 32.3 Å². The Hall–Kier alpha value is -0.920. The van der Waals surface area contributed by atoms with Crippen LogP contribution in [0.25, 0.3) is 0 Å². The molecule has 0 atom stereocenters. The zero-order valence-corrected chi connectivity index (χ0v) is 9.83. The molecule has 0 saturated carbocycles. The summed E-state index contributed by atoms with van der Waals surface area (Å²) in [6.07, 6.45) is 4.62. The van der Waals surface area contributed by atoms with Crippen molar-refractivity contribution in [3.8, 4) is 0 Å². The van der Waals surface area contributed by atoms with Gasteiger partial charge in [0.15, 0.2) is 5.03 Å². The standard InChI is InChI=1S/C9H16N4O2S/c10-4-5-11-16(14,15)9-7-13-6-2-1-3-8(13)12-9/h7,11H,1-6,10H2. The van der Waals surface area contributed by atoms with Crippen LogP contribution in [0.1, 0.15) is 18.7 Å². The minimum Gasteiger partial charge on any atom is -0.333 e. The predicted molar refractivity (Wildman–Crippen MR) is 59.4 cm³/mol. The molecule has 1 aliphatic rings. The lowest BCUT2D eigenvalue weighted by Crippen LogP contribution is -2.29. The molecule has 0 aromatic carbocycles.